The number of nitrogens with one attached hydrogen (secondary N) is 1. The summed E-state index contributed by atoms with van der Waals surface area (Å²) >= 11 is 6.45. The average Bonchev–Trinajstić information content (AvgIpc) is 3.56. The Labute approximate surface area is 225 Å². The fraction of sp³-hybridized carbons (Fsp3) is 0.345. The number of rotatable bonds is 7. The van der Waals surface area contributed by atoms with Crippen molar-refractivity contribution in [3.05, 3.63) is 75.8 Å². The minimum atomic E-state index is -0.436. The van der Waals surface area contributed by atoms with Crippen LogP contribution in [0.3, 0.4) is 0 Å². The summed E-state index contributed by atoms with van der Waals surface area (Å²) in [4.78, 5) is 13.3. The number of carbonyl (C=O) groups is 1. The maximum Gasteiger partial charge on any atom is 0.310 e. The SMILES string of the molecule is COc1cc([C@@H]2c3cc4c(cc3[C@@H](NCc3ccccc3Cl)[C@H]3COC(=O)[C@H]23)OCO4)cc(OC)c1OC. The number of halogens is 1. The standard InChI is InChI=1S/C29H28ClNO7/c1-33-23-8-16(9-24(34-2)28(23)35-3)25-17-10-21-22(38-14-37-21)11-18(17)27(19-13-36-29(32)26(19)25)31-12-15-6-4-5-7-20(15)30/h4-11,19,25-27,31H,12-14H2,1-3H3/t19-,25+,26-,27+/m0/s1. The lowest BCUT2D eigenvalue weighted by Crippen LogP contribution is -2.40. The summed E-state index contributed by atoms with van der Waals surface area (Å²) in [5, 5.41) is 4.36. The van der Waals surface area contributed by atoms with Gasteiger partial charge in [-0.2, -0.15) is 0 Å². The van der Waals surface area contributed by atoms with Crippen molar-refractivity contribution < 1.29 is 33.2 Å². The van der Waals surface area contributed by atoms with Gasteiger partial charge >= 0.3 is 5.97 Å². The molecule has 3 aromatic rings. The zero-order valence-corrected chi connectivity index (χ0v) is 22.0. The first-order valence-electron chi connectivity index (χ1n) is 12.4. The van der Waals surface area contributed by atoms with Crippen molar-refractivity contribution in [2.75, 3.05) is 34.7 Å². The molecule has 1 fully saturated rings. The molecule has 3 aliphatic rings. The third-order valence-electron chi connectivity index (χ3n) is 7.70. The Morgan fingerprint density at radius 3 is 2.26 bits per heavy atom. The minimum Gasteiger partial charge on any atom is -0.493 e. The number of benzene rings is 3. The van der Waals surface area contributed by atoms with Gasteiger partial charge in [0.25, 0.3) is 0 Å². The molecular weight excluding hydrogens is 510 g/mol. The monoisotopic (exact) mass is 537 g/mol. The van der Waals surface area contributed by atoms with Crippen molar-refractivity contribution in [3.8, 4) is 28.7 Å². The zero-order valence-electron chi connectivity index (χ0n) is 21.3. The lowest BCUT2D eigenvalue weighted by atomic mass is 9.65. The third kappa shape index (κ3) is 3.99. The summed E-state index contributed by atoms with van der Waals surface area (Å²) in [6, 6.07) is 15.4. The molecule has 198 valence electrons. The Bertz CT molecular complexity index is 1370. The largest absolute Gasteiger partial charge is 0.493 e. The third-order valence-corrected chi connectivity index (χ3v) is 8.07. The van der Waals surface area contributed by atoms with Crippen LogP contribution in [-0.4, -0.2) is 40.7 Å². The lowest BCUT2D eigenvalue weighted by Gasteiger charge is -2.39. The molecule has 38 heavy (non-hydrogen) atoms. The number of hydrogen-bond acceptors (Lipinski definition) is 8. The molecule has 3 aromatic carbocycles. The average molecular weight is 538 g/mol. The quantitative estimate of drug-likeness (QED) is 0.428. The highest BCUT2D eigenvalue weighted by molar-refractivity contribution is 6.31. The van der Waals surface area contributed by atoms with E-state index in [-0.39, 0.29) is 30.6 Å². The molecule has 0 unspecified atom stereocenters. The highest BCUT2D eigenvalue weighted by atomic mass is 35.5. The first kappa shape index (κ1) is 24.7. The van der Waals surface area contributed by atoms with Crippen LogP contribution in [0.15, 0.2) is 48.5 Å². The zero-order chi connectivity index (χ0) is 26.4. The second-order valence-corrected chi connectivity index (χ2v) is 9.95. The number of ether oxygens (including phenoxy) is 6. The van der Waals surface area contributed by atoms with E-state index in [2.05, 4.69) is 5.32 Å². The van der Waals surface area contributed by atoms with Gasteiger partial charge in [0.15, 0.2) is 23.0 Å². The van der Waals surface area contributed by atoms with Crippen molar-refractivity contribution in [1.29, 1.82) is 0 Å². The molecular formula is C29H28ClNO7. The number of hydrogen-bond donors (Lipinski definition) is 1. The van der Waals surface area contributed by atoms with Crippen molar-refractivity contribution >= 4 is 17.6 Å². The van der Waals surface area contributed by atoms with Crippen LogP contribution in [0.2, 0.25) is 5.02 Å². The van der Waals surface area contributed by atoms with Gasteiger partial charge in [-0.05, 0) is 52.6 Å². The van der Waals surface area contributed by atoms with Gasteiger partial charge in [0.05, 0.1) is 33.9 Å². The van der Waals surface area contributed by atoms with Crippen molar-refractivity contribution in [2.24, 2.45) is 11.8 Å². The molecule has 1 saturated heterocycles. The highest BCUT2D eigenvalue weighted by Gasteiger charge is 2.52. The Hall–Kier alpha value is -3.62. The smallest absolute Gasteiger partial charge is 0.310 e. The Morgan fingerprint density at radius 2 is 1.61 bits per heavy atom. The van der Waals surface area contributed by atoms with E-state index in [1.54, 1.807) is 21.3 Å². The van der Waals surface area contributed by atoms with Crippen LogP contribution in [0.5, 0.6) is 28.7 Å². The molecule has 0 saturated carbocycles. The number of carbonyl (C=O) groups excluding carboxylic acids is 1. The van der Waals surface area contributed by atoms with E-state index in [0.717, 1.165) is 22.3 Å². The van der Waals surface area contributed by atoms with Gasteiger partial charge in [-0.1, -0.05) is 29.8 Å². The van der Waals surface area contributed by atoms with Crippen LogP contribution in [-0.2, 0) is 16.1 Å². The topological polar surface area (TPSA) is 84.5 Å². The molecule has 0 bridgehead atoms. The Kier molecular flexibility index (Phi) is 6.45. The molecule has 8 nitrogen and oxygen atoms in total. The van der Waals surface area contributed by atoms with Crippen molar-refractivity contribution in [3.63, 3.8) is 0 Å². The first-order chi connectivity index (χ1) is 18.5. The second-order valence-electron chi connectivity index (χ2n) is 9.54. The van der Waals surface area contributed by atoms with Crippen LogP contribution in [0, 0.1) is 11.8 Å². The summed E-state index contributed by atoms with van der Waals surface area (Å²) in [6.07, 6.45) is 0. The van der Waals surface area contributed by atoms with E-state index in [9.17, 15) is 4.79 Å². The van der Waals surface area contributed by atoms with Gasteiger partial charge in [0, 0.05) is 29.4 Å². The minimum absolute atomic E-state index is 0.123. The van der Waals surface area contributed by atoms with Gasteiger partial charge < -0.3 is 33.7 Å². The number of cyclic esters (lactones) is 1. The van der Waals surface area contributed by atoms with E-state index in [1.807, 2.05) is 48.5 Å². The molecule has 1 aliphatic carbocycles. The molecule has 0 amide bonds. The van der Waals surface area contributed by atoms with Crippen LogP contribution in [0.4, 0.5) is 0 Å². The summed E-state index contributed by atoms with van der Waals surface area (Å²) in [5.41, 5.74) is 3.82. The Balaban J connectivity index is 1.50. The van der Waals surface area contributed by atoms with Crippen LogP contribution in [0.1, 0.15) is 34.2 Å². The van der Waals surface area contributed by atoms with Crippen molar-refractivity contribution in [2.45, 2.75) is 18.5 Å². The molecule has 9 heteroatoms. The van der Waals surface area contributed by atoms with E-state index >= 15 is 0 Å². The molecule has 0 radical (unpaired) electrons. The summed E-state index contributed by atoms with van der Waals surface area (Å²) < 4.78 is 34.0. The molecule has 2 heterocycles. The first-order valence-corrected chi connectivity index (χ1v) is 12.8. The number of fused-ring (bicyclic) bond motifs is 3. The summed E-state index contributed by atoms with van der Waals surface area (Å²) in [5.74, 6) is 1.74. The van der Waals surface area contributed by atoms with E-state index in [1.165, 1.54) is 0 Å². The predicted octanol–water partition coefficient (Wildman–Crippen LogP) is 4.86. The van der Waals surface area contributed by atoms with Crippen LogP contribution >= 0.6 is 11.6 Å². The van der Waals surface area contributed by atoms with E-state index in [0.29, 0.717) is 46.9 Å². The molecule has 0 aromatic heterocycles. The van der Waals surface area contributed by atoms with Gasteiger partial charge in [0.1, 0.15) is 0 Å². The van der Waals surface area contributed by atoms with Gasteiger partial charge in [-0.3, -0.25) is 4.79 Å². The van der Waals surface area contributed by atoms with Gasteiger partial charge in [-0.25, -0.2) is 0 Å². The van der Waals surface area contributed by atoms with Crippen LogP contribution < -0.4 is 29.0 Å². The Morgan fingerprint density at radius 1 is 0.921 bits per heavy atom. The maximum atomic E-state index is 13.3. The van der Waals surface area contributed by atoms with Crippen molar-refractivity contribution in [1.82, 2.24) is 5.32 Å². The summed E-state index contributed by atoms with van der Waals surface area (Å²) in [6.45, 7) is 0.989. The maximum absolute atomic E-state index is 13.3. The predicted molar refractivity (Wildman–Crippen MR) is 139 cm³/mol. The van der Waals surface area contributed by atoms with Gasteiger partial charge in [-0.15, -0.1) is 0 Å². The molecule has 4 atom stereocenters. The molecule has 2 aliphatic heterocycles. The molecule has 0 spiro atoms. The highest BCUT2D eigenvalue weighted by Crippen LogP contribution is 2.55. The second kappa shape index (κ2) is 9.93. The molecule has 6 rings (SSSR count). The van der Waals surface area contributed by atoms with E-state index in [4.69, 9.17) is 40.0 Å². The van der Waals surface area contributed by atoms with E-state index < -0.39 is 5.92 Å². The lowest BCUT2D eigenvalue weighted by molar-refractivity contribution is -0.141. The normalized spacial score (nSPS) is 22.9. The fourth-order valence-corrected chi connectivity index (χ4v) is 6.17. The number of esters is 1. The molecule has 1 N–H and O–H groups in total. The fourth-order valence-electron chi connectivity index (χ4n) is 5.97. The van der Waals surface area contributed by atoms with Gasteiger partial charge in [0.2, 0.25) is 12.5 Å². The summed E-state index contributed by atoms with van der Waals surface area (Å²) in [7, 11) is 4.72. The number of methoxy groups -OCH3 is 3. The van der Waals surface area contributed by atoms with Crippen LogP contribution in [0.25, 0.3) is 0 Å².